The number of nitrogens with zero attached hydrogens (tertiary/aromatic N) is 1. The smallest absolute Gasteiger partial charge is 0.251 e. The summed E-state index contributed by atoms with van der Waals surface area (Å²) in [5, 5.41) is 14.0. The molecule has 0 bridgehead atoms. The number of sulfonamides is 1. The van der Waals surface area contributed by atoms with Gasteiger partial charge in [-0.25, -0.2) is 8.42 Å². The molecule has 2 aromatic rings. The van der Waals surface area contributed by atoms with E-state index in [9.17, 15) is 18.3 Å². The highest BCUT2D eigenvalue weighted by Crippen LogP contribution is 2.30. The fourth-order valence-electron chi connectivity index (χ4n) is 3.74. The largest absolute Gasteiger partial charge is 0.388 e. The first-order valence-electron chi connectivity index (χ1n) is 10.1. The molecule has 0 aliphatic heterocycles. The van der Waals surface area contributed by atoms with Crippen LogP contribution in [0, 0.1) is 0 Å². The molecule has 9 heteroatoms. The lowest BCUT2D eigenvalue weighted by Crippen LogP contribution is -2.44. The van der Waals surface area contributed by atoms with Crippen molar-refractivity contribution in [3.63, 3.8) is 0 Å². The standard InChI is InChI=1S/C22H26Cl2N2O4S/c1-31(29,30)26(14-17-6-5-7-19(23)20(17)24)18-10-8-16(9-11-18)21(27)25-15-22(28)12-3-2-4-13-22/h5-11,28H,2-4,12-15H2,1H3,(H,25,27). The minimum absolute atomic E-state index is 0.0107. The molecule has 1 aliphatic carbocycles. The number of halogens is 2. The summed E-state index contributed by atoms with van der Waals surface area (Å²) in [5.41, 5.74) is 0.512. The molecular weight excluding hydrogens is 459 g/mol. The first kappa shape index (κ1) is 23.9. The van der Waals surface area contributed by atoms with Crippen molar-refractivity contribution in [2.24, 2.45) is 0 Å². The van der Waals surface area contributed by atoms with Crippen LogP contribution in [0.3, 0.4) is 0 Å². The molecule has 1 fully saturated rings. The summed E-state index contributed by atoms with van der Waals surface area (Å²) >= 11 is 12.3. The highest BCUT2D eigenvalue weighted by molar-refractivity contribution is 7.92. The molecule has 1 amide bonds. The van der Waals surface area contributed by atoms with Crippen LogP contribution < -0.4 is 9.62 Å². The fraction of sp³-hybridized carbons (Fsp3) is 0.409. The molecule has 2 N–H and O–H groups in total. The van der Waals surface area contributed by atoms with Crippen molar-refractivity contribution in [1.29, 1.82) is 0 Å². The van der Waals surface area contributed by atoms with Gasteiger partial charge in [-0.15, -0.1) is 0 Å². The Hall–Kier alpha value is -1.80. The monoisotopic (exact) mass is 484 g/mol. The molecule has 0 saturated heterocycles. The summed E-state index contributed by atoms with van der Waals surface area (Å²) in [7, 11) is -3.61. The molecule has 0 radical (unpaired) electrons. The second-order valence-electron chi connectivity index (χ2n) is 8.00. The lowest BCUT2D eigenvalue weighted by atomic mass is 9.85. The Morgan fingerprint density at radius 2 is 1.74 bits per heavy atom. The number of carbonyl (C=O) groups excluding carboxylic acids is 1. The molecule has 1 aliphatic rings. The van der Waals surface area contributed by atoms with E-state index in [1.54, 1.807) is 42.5 Å². The SMILES string of the molecule is CS(=O)(=O)N(Cc1cccc(Cl)c1Cl)c1ccc(C(=O)NCC2(O)CCCCC2)cc1. The Morgan fingerprint density at radius 1 is 1.10 bits per heavy atom. The lowest BCUT2D eigenvalue weighted by Gasteiger charge is -2.32. The lowest BCUT2D eigenvalue weighted by molar-refractivity contribution is 0.00525. The number of nitrogens with one attached hydrogen (secondary N) is 1. The Bertz CT molecular complexity index is 1040. The van der Waals surface area contributed by atoms with E-state index in [0.717, 1.165) is 25.5 Å². The van der Waals surface area contributed by atoms with Crippen LogP contribution in [0.1, 0.15) is 48.0 Å². The fourth-order valence-corrected chi connectivity index (χ4v) is 5.00. The quantitative estimate of drug-likeness (QED) is 0.609. The highest BCUT2D eigenvalue weighted by atomic mass is 35.5. The molecule has 3 rings (SSSR count). The van der Waals surface area contributed by atoms with Crippen molar-refractivity contribution in [3.05, 3.63) is 63.6 Å². The molecule has 168 valence electrons. The van der Waals surface area contributed by atoms with E-state index in [2.05, 4.69) is 5.32 Å². The van der Waals surface area contributed by atoms with Crippen LogP contribution in [-0.4, -0.2) is 37.8 Å². The molecule has 2 aromatic carbocycles. The average Bonchev–Trinajstić information content (AvgIpc) is 2.73. The van der Waals surface area contributed by atoms with Crippen LogP contribution in [0.25, 0.3) is 0 Å². The third kappa shape index (κ3) is 6.13. The molecule has 31 heavy (non-hydrogen) atoms. The van der Waals surface area contributed by atoms with Gasteiger partial charge in [0.05, 0.1) is 34.1 Å². The van der Waals surface area contributed by atoms with Gasteiger partial charge < -0.3 is 10.4 Å². The van der Waals surface area contributed by atoms with Crippen LogP contribution in [0.4, 0.5) is 5.69 Å². The summed E-state index contributed by atoms with van der Waals surface area (Å²) in [6, 6.07) is 11.3. The van der Waals surface area contributed by atoms with Gasteiger partial charge in [0.2, 0.25) is 10.0 Å². The van der Waals surface area contributed by atoms with E-state index in [4.69, 9.17) is 23.2 Å². The van der Waals surface area contributed by atoms with Gasteiger partial charge in [-0.05, 0) is 48.7 Å². The van der Waals surface area contributed by atoms with Gasteiger partial charge in [0.15, 0.2) is 0 Å². The van der Waals surface area contributed by atoms with Crippen LogP contribution >= 0.6 is 23.2 Å². The van der Waals surface area contributed by atoms with Gasteiger partial charge in [0.25, 0.3) is 5.91 Å². The predicted octanol–water partition coefficient (Wildman–Crippen LogP) is 4.38. The zero-order valence-electron chi connectivity index (χ0n) is 17.3. The van der Waals surface area contributed by atoms with E-state index >= 15 is 0 Å². The van der Waals surface area contributed by atoms with E-state index in [-0.39, 0.29) is 19.0 Å². The van der Waals surface area contributed by atoms with Gasteiger partial charge >= 0.3 is 0 Å². The number of hydrogen-bond acceptors (Lipinski definition) is 4. The van der Waals surface area contributed by atoms with Crippen LogP contribution in [-0.2, 0) is 16.6 Å². The molecule has 0 aromatic heterocycles. The average molecular weight is 485 g/mol. The van der Waals surface area contributed by atoms with Gasteiger partial charge in [0.1, 0.15) is 0 Å². The highest BCUT2D eigenvalue weighted by Gasteiger charge is 2.29. The summed E-state index contributed by atoms with van der Waals surface area (Å²) in [4.78, 5) is 12.5. The minimum atomic E-state index is -3.61. The Labute approximate surface area is 193 Å². The normalized spacial score (nSPS) is 16.0. The Morgan fingerprint density at radius 3 is 2.35 bits per heavy atom. The van der Waals surface area contributed by atoms with Crippen molar-refractivity contribution < 1.29 is 18.3 Å². The first-order chi connectivity index (χ1) is 14.6. The van der Waals surface area contributed by atoms with Crippen molar-refractivity contribution >= 4 is 44.8 Å². The van der Waals surface area contributed by atoms with Gasteiger partial charge in [-0.3, -0.25) is 9.10 Å². The zero-order chi connectivity index (χ0) is 22.6. The zero-order valence-corrected chi connectivity index (χ0v) is 19.6. The van der Waals surface area contributed by atoms with Crippen molar-refractivity contribution in [2.45, 2.75) is 44.2 Å². The maximum Gasteiger partial charge on any atom is 0.251 e. The predicted molar refractivity (Wildman–Crippen MR) is 124 cm³/mol. The summed E-state index contributed by atoms with van der Waals surface area (Å²) in [6.07, 6.45) is 5.49. The van der Waals surface area contributed by atoms with Crippen molar-refractivity contribution in [1.82, 2.24) is 5.32 Å². The molecule has 0 spiro atoms. The van der Waals surface area contributed by atoms with E-state index < -0.39 is 15.6 Å². The van der Waals surface area contributed by atoms with Crippen molar-refractivity contribution in [2.75, 3.05) is 17.1 Å². The van der Waals surface area contributed by atoms with E-state index in [1.807, 2.05) is 0 Å². The summed E-state index contributed by atoms with van der Waals surface area (Å²) in [6.45, 7) is 0.215. The molecule has 0 atom stereocenters. The molecule has 0 heterocycles. The topological polar surface area (TPSA) is 86.7 Å². The van der Waals surface area contributed by atoms with E-state index in [0.29, 0.717) is 39.7 Å². The number of rotatable bonds is 7. The number of anilines is 1. The minimum Gasteiger partial charge on any atom is -0.388 e. The second kappa shape index (κ2) is 9.77. The van der Waals surface area contributed by atoms with E-state index in [1.165, 1.54) is 4.31 Å². The molecule has 0 unspecified atom stereocenters. The summed E-state index contributed by atoms with van der Waals surface area (Å²) < 4.78 is 26.0. The first-order valence-corrected chi connectivity index (χ1v) is 12.7. The third-order valence-electron chi connectivity index (χ3n) is 5.53. The van der Waals surface area contributed by atoms with Crippen LogP contribution in [0.2, 0.25) is 10.0 Å². The number of aliphatic hydroxyl groups is 1. The Balaban J connectivity index is 1.74. The Kier molecular flexibility index (Phi) is 7.52. The van der Waals surface area contributed by atoms with Gasteiger partial charge in [-0.1, -0.05) is 54.6 Å². The van der Waals surface area contributed by atoms with Gasteiger partial charge in [0, 0.05) is 12.1 Å². The van der Waals surface area contributed by atoms with Gasteiger partial charge in [-0.2, -0.15) is 0 Å². The third-order valence-corrected chi connectivity index (χ3v) is 7.52. The number of carbonyl (C=O) groups is 1. The summed E-state index contributed by atoms with van der Waals surface area (Å²) in [5.74, 6) is -0.311. The molecular formula is C22H26Cl2N2O4S. The second-order valence-corrected chi connectivity index (χ2v) is 10.7. The maximum absolute atomic E-state index is 12.5. The number of benzene rings is 2. The van der Waals surface area contributed by atoms with Crippen molar-refractivity contribution in [3.8, 4) is 0 Å². The molecule has 1 saturated carbocycles. The number of hydrogen-bond donors (Lipinski definition) is 2. The maximum atomic E-state index is 12.5. The number of amides is 1. The molecule has 6 nitrogen and oxygen atoms in total. The van der Waals surface area contributed by atoms with Crippen LogP contribution in [0.15, 0.2) is 42.5 Å². The van der Waals surface area contributed by atoms with Crippen LogP contribution in [0.5, 0.6) is 0 Å².